The number of aromatic amines is 1. The van der Waals surface area contributed by atoms with Crippen molar-refractivity contribution in [2.75, 3.05) is 11.9 Å². The van der Waals surface area contributed by atoms with E-state index in [1.165, 1.54) is 0 Å². The molecule has 0 unspecified atom stereocenters. The zero-order valence-corrected chi connectivity index (χ0v) is 17.6. The molecule has 2 aliphatic rings. The predicted octanol–water partition coefficient (Wildman–Crippen LogP) is 2.96. The van der Waals surface area contributed by atoms with E-state index in [-0.39, 0.29) is 24.1 Å². The summed E-state index contributed by atoms with van der Waals surface area (Å²) in [6, 6.07) is 11.9. The molecule has 2 aromatic carbocycles. The lowest BCUT2D eigenvalue weighted by Gasteiger charge is -2.28. The van der Waals surface area contributed by atoms with Crippen LogP contribution in [0.5, 0.6) is 0 Å². The molecule has 8 heteroatoms. The Labute approximate surface area is 180 Å². The Kier molecular flexibility index (Phi) is 4.58. The van der Waals surface area contributed by atoms with Crippen molar-refractivity contribution in [1.82, 2.24) is 15.2 Å². The zero-order valence-electron chi connectivity index (χ0n) is 16.0. The Hall–Kier alpha value is -3.13. The molecule has 0 spiro atoms. The summed E-state index contributed by atoms with van der Waals surface area (Å²) in [5, 5.41) is 6.54. The van der Waals surface area contributed by atoms with Gasteiger partial charge in [0.1, 0.15) is 6.04 Å². The van der Waals surface area contributed by atoms with Gasteiger partial charge < -0.3 is 20.5 Å². The van der Waals surface area contributed by atoms with Gasteiger partial charge in [0.2, 0.25) is 11.8 Å². The molecule has 7 nitrogen and oxygen atoms in total. The number of carbonyl (C=O) groups excluding carboxylic acids is 3. The summed E-state index contributed by atoms with van der Waals surface area (Å²) in [6.45, 7) is 1.05. The van der Waals surface area contributed by atoms with E-state index in [0.29, 0.717) is 24.3 Å². The van der Waals surface area contributed by atoms with Gasteiger partial charge in [-0.2, -0.15) is 0 Å². The number of nitrogens with one attached hydrogen (secondary N) is 3. The Morgan fingerprint density at radius 1 is 1.13 bits per heavy atom. The molecule has 152 valence electrons. The van der Waals surface area contributed by atoms with Gasteiger partial charge in [-0.25, -0.2) is 0 Å². The van der Waals surface area contributed by atoms with Gasteiger partial charge in [-0.1, -0.05) is 24.3 Å². The van der Waals surface area contributed by atoms with Gasteiger partial charge in [-0.3, -0.25) is 14.4 Å². The van der Waals surface area contributed by atoms with Gasteiger partial charge in [0, 0.05) is 40.6 Å². The maximum Gasteiger partial charge on any atom is 0.254 e. The first-order valence-corrected chi connectivity index (χ1v) is 10.6. The van der Waals surface area contributed by atoms with Crippen LogP contribution in [0.25, 0.3) is 10.9 Å². The second kappa shape index (κ2) is 7.28. The van der Waals surface area contributed by atoms with Crippen molar-refractivity contribution in [3.8, 4) is 0 Å². The first-order chi connectivity index (χ1) is 14.5. The molecule has 0 bridgehead atoms. The molecule has 0 radical (unpaired) electrons. The van der Waals surface area contributed by atoms with E-state index in [1.807, 2.05) is 18.2 Å². The minimum atomic E-state index is -0.907. The van der Waals surface area contributed by atoms with E-state index < -0.39 is 6.04 Å². The first-order valence-electron chi connectivity index (χ1n) is 9.78. The molecule has 30 heavy (non-hydrogen) atoms. The van der Waals surface area contributed by atoms with Gasteiger partial charge in [-0.15, -0.1) is 0 Å². The number of para-hydroxylation sites is 2. The number of benzene rings is 2. The number of H-pyrrole nitrogens is 1. The summed E-state index contributed by atoms with van der Waals surface area (Å²) in [7, 11) is 0. The fourth-order valence-electron chi connectivity index (χ4n) is 4.17. The van der Waals surface area contributed by atoms with Crippen LogP contribution >= 0.6 is 15.9 Å². The largest absolute Gasteiger partial charge is 0.357 e. The number of nitrogens with zero attached hydrogens (tertiary/aromatic N) is 1. The highest BCUT2D eigenvalue weighted by Gasteiger charge is 2.32. The van der Waals surface area contributed by atoms with Crippen LogP contribution in [0.3, 0.4) is 0 Å². The third-order valence-corrected chi connectivity index (χ3v) is 6.40. The summed E-state index contributed by atoms with van der Waals surface area (Å²) < 4.78 is 0.990. The van der Waals surface area contributed by atoms with Crippen LogP contribution < -0.4 is 10.6 Å². The number of anilines is 1. The van der Waals surface area contributed by atoms with Gasteiger partial charge >= 0.3 is 0 Å². The van der Waals surface area contributed by atoms with Crippen molar-refractivity contribution < 1.29 is 14.4 Å². The third-order valence-electron chi connectivity index (χ3n) is 5.74. The predicted molar refractivity (Wildman–Crippen MR) is 116 cm³/mol. The summed E-state index contributed by atoms with van der Waals surface area (Å²) in [5.74, 6) is -0.893. The normalized spacial score (nSPS) is 18.3. The van der Waals surface area contributed by atoms with Crippen LogP contribution in [0.4, 0.5) is 5.69 Å². The van der Waals surface area contributed by atoms with Crippen molar-refractivity contribution in [2.24, 2.45) is 0 Å². The summed E-state index contributed by atoms with van der Waals surface area (Å²) in [5.41, 5.74) is 4.13. The number of fused-ring (bicyclic) bond motifs is 4. The average Bonchev–Trinajstić information content (AvgIpc) is 3.07. The van der Waals surface area contributed by atoms with Gasteiger partial charge in [0.25, 0.3) is 5.91 Å². The van der Waals surface area contributed by atoms with E-state index in [0.717, 1.165) is 33.1 Å². The lowest BCUT2D eigenvalue weighted by Crippen LogP contribution is -2.46. The van der Waals surface area contributed by atoms with Gasteiger partial charge in [-0.05, 0) is 34.1 Å². The molecule has 3 aromatic rings. The smallest absolute Gasteiger partial charge is 0.254 e. The van der Waals surface area contributed by atoms with E-state index in [4.69, 9.17) is 0 Å². The molecule has 0 aliphatic carbocycles. The number of hydrogen-bond donors (Lipinski definition) is 3. The molecule has 0 saturated carbocycles. The number of aromatic nitrogens is 1. The number of amides is 3. The number of rotatable bonds is 2. The molecule has 1 atom stereocenters. The van der Waals surface area contributed by atoms with Crippen molar-refractivity contribution in [2.45, 2.75) is 25.4 Å². The van der Waals surface area contributed by atoms with Crippen LogP contribution in [-0.2, 0) is 22.6 Å². The Morgan fingerprint density at radius 3 is 2.83 bits per heavy atom. The molecular weight excluding hydrogens is 448 g/mol. The fraction of sp³-hybridized carbons (Fsp3) is 0.227. The molecule has 3 heterocycles. The van der Waals surface area contributed by atoms with Crippen LogP contribution in [-0.4, -0.2) is 40.2 Å². The van der Waals surface area contributed by atoms with E-state index in [1.54, 1.807) is 29.2 Å². The minimum Gasteiger partial charge on any atom is -0.357 e. The van der Waals surface area contributed by atoms with Crippen LogP contribution in [0.2, 0.25) is 0 Å². The second-order valence-electron chi connectivity index (χ2n) is 7.57. The highest BCUT2D eigenvalue weighted by molar-refractivity contribution is 9.10. The molecule has 3 N–H and O–H groups in total. The zero-order chi connectivity index (χ0) is 20.8. The van der Waals surface area contributed by atoms with Gasteiger partial charge in [0.15, 0.2) is 0 Å². The highest BCUT2D eigenvalue weighted by Crippen LogP contribution is 2.32. The number of halogens is 1. The van der Waals surface area contributed by atoms with E-state index >= 15 is 0 Å². The topological polar surface area (TPSA) is 94.3 Å². The molecule has 1 aromatic heterocycles. The van der Waals surface area contributed by atoms with Crippen LogP contribution in [0.15, 0.2) is 46.9 Å². The molecule has 2 aliphatic heterocycles. The van der Waals surface area contributed by atoms with E-state index in [9.17, 15) is 14.4 Å². The van der Waals surface area contributed by atoms with Crippen molar-refractivity contribution in [3.63, 3.8) is 0 Å². The lowest BCUT2D eigenvalue weighted by molar-refractivity contribution is -0.134. The first kappa shape index (κ1) is 18.9. The van der Waals surface area contributed by atoms with Crippen LogP contribution in [0.1, 0.15) is 28.0 Å². The maximum atomic E-state index is 13.0. The Morgan fingerprint density at radius 2 is 1.97 bits per heavy atom. The maximum absolute atomic E-state index is 13.0. The quantitative estimate of drug-likeness (QED) is 0.541. The minimum absolute atomic E-state index is 0.0764. The average molecular weight is 467 g/mol. The Bertz CT molecular complexity index is 1200. The summed E-state index contributed by atoms with van der Waals surface area (Å²) >= 11 is 3.57. The Balaban J connectivity index is 1.34. The number of hydrogen-bond acceptors (Lipinski definition) is 3. The van der Waals surface area contributed by atoms with Crippen LogP contribution in [0, 0.1) is 0 Å². The monoisotopic (exact) mass is 466 g/mol. The summed E-state index contributed by atoms with van der Waals surface area (Å²) in [6.07, 6.45) is 0.643. The van der Waals surface area contributed by atoms with Crippen molar-refractivity contribution in [3.05, 3.63) is 63.8 Å². The van der Waals surface area contributed by atoms with Crippen molar-refractivity contribution in [1.29, 1.82) is 0 Å². The second-order valence-corrected chi connectivity index (χ2v) is 8.43. The standard InChI is InChI=1S/C22H19BrN4O3/c23-15-6-3-5-12-14-11-27(9-8-17(14)24-20(12)15)19(28)10-18-22(30)25-16-7-2-1-4-13(16)21(29)26-18/h1-7,18,24H,8-11H2,(H,25,30)(H,26,29)/t18-/m1/s1. The SMILES string of the molecule is O=C1N[C@H](CC(=O)N2CCc3[nH]c4c(Br)cccc4c3C2)C(=O)Nc2ccccc21. The molecule has 3 amide bonds. The number of carbonyl (C=O) groups is 3. The molecule has 0 fully saturated rings. The summed E-state index contributed by atoms with van der Waals surface area (Å²) in [4.78, 5) is 43.3. The molecular formula is C22H19BrN4O3. The van der Waals surface area contributed by atoms with E-state index in [2.05, 4.69) is 31.5 Å². The molecule has 5 rings (SSSR count). The van der Waals surface area contributed by atoms with Crippen molar-refractivity contribution >= 4 is 50.2 Å². The third kappa shape index (κ3) is 3.17. The lowest BCUT2D eigenvalue weighted by atomic mass is 10.0. The van der Waals surface area contributed by atoms with Gasteiger partial charge in [0.05, 0.1) is 23.2 Å². The highest BCUT2D eigenvalue weighted by atomic mass is 79.9. The molecule has 0 saturated heterocycles. The fourth-order valence-corrected chi connectivity index (χ4v) is 4.64.